The van der Waals surface area contributed by atoms with Crippen molar-refractivity contribution >= 4 is 54.2 Å². The molecule has 0 fully saturated rings. The highest BCUT2D eigenvalue weighted by Crippen LogP contribution is 2.38. The lowest BCUT2D eigenvalue weighted by atomic mass is 10.2. The molecule has 3 rings (SSSR count). The van der Waals surface area contributed by atoms with Crippen molar-refractivity contribution < 1.29 is 0 Å². The van der Waals surface area contributed by atoms with Crippen molar-refractivity contribution in [2.24, 2.45) is 12.8 Å². The average molecular weight is 401 g/mol. The SMILES string of the molecule is Cn1c(-c2cc(Br)sc2Br)nc2cc(CN)ccc21. The van der Waals surface area contributed by atoms with Crippen molar-refractivity contribution in [1.82, 2.24) is 9.55 Å². The van der Waals surface area contributed by atoms with Crippen LogP contribution in [0.5, 0.6) is 0 Å². The van der Waals surface area contributed by atoms with E-state index in [4.69, 9.17) is 10.7 Å². The molecule has 2 N–H and O–H groups in total. The van der Waals surface area contributed by atoms with Gasteiger partial charge in [-0.25, -0.2) is 4.98 Å². The molecule has 0 amide bonds. The number of nitrogens with zero attached hydrogens (tertiary/aromatic N) is 2. The van der Waals surface area contributed by atoms with Crippen molar-refractivity contribution in [1.29, 1.82) is 0 Å². The quantitative estimate of drug-likeness (QED) is 0.697. The van der Waals surface area contributed by atoms with Crippen LogP contribution in [-0.4, -0.2) is 9.55 Å². The number of rotatable bonds is 2. The van der Waals surface area contributed by atoms with Gasteiger partial charge in [-0.05, 0) is 55.6 Å². The highest BCUT2D eigenvalue weighted by molar-refractivity contribution is 9.12. The largest absolute Gasteiger partial charge is 0.327 e. The van der Waals surface area contributed by atoms with Crippen molar-refractivity contribution in [3.8, 4) is 11.4 Å². The molecule has 0 spiro atoms. The van der Waals surface area contributed by atoms with E-state index in [2.05, 4.69) is 48.6 Å². The lowest BCUT2D eigenvalue weighted by Gasteiger charge is -2.01. The predicted molar refractivity (Wildman–Crippen MR) is 87.3 cm³/mol. The van der Waals surface area contributed by atoms with E-state index >= 15 is 0 Å². The number of fused-ring (bicyclic) bond motifs is 1. The second-order valence-electron chi connectivity index (χ2n) is 4.26. The smallest absolute Gasteiger partial charge is 0.142 e. The standard InChI is InChI=1S/C13H11Br2N3S/c1-18-10-3-2-7(6-16)4-9(10)17-13(18)8-5-11(14)19-12(8)15/h2-5H,6,16H2,1H3. The maximum absolute atomic E-state index is 5.68. The van der Waals surface area contributed by atoms with Crippen LogP contribution >= 0.6 is 43.2 Å². The Kier molecular flexibility index (Phi) is 3.51. The van der Waals surface area contributed by atoms with Crippen LogP contribution in [0.3, 0.4) is 0 Å². The molecule has 2 heterocycles. The molecule has 0 atom stereocenters. The molecule has 0 aliphatic rings. The number of hydrogen-bond donors (Lipinski definition) is 1. The Hall–Kier alpha value is -0.690. The van der Waals surface area contributed by atoms with Gasteiger partial charge in [0.15, 0.2) is 0 Å². The first kappa shape index (κ1) is 13.3. The van der Waals surface area contributed by atoms with E-state index in [-0.39, 0.29) is 0 Å². The molecule has 98 valence electrons. The summed E-state index contributed by atoms with van der Waals surface area (Å²) in [5.74, 6) is 0.956. The first-order chi connectivity index (χ1) is 9.10. The molecular weight excluding hydrogens is 390 g/mol. The number of aromatic nitrogens is 2. The molecular formula is C13H11Br2N3S. The number of imidazole rings is 1. The highest BCUT2D eigenvalue weighted by atomic mass is 79.9. The summed E-state index contributed by atoms with van der Waals surface area (Å²) >= 11 is 8.75. The highest BCUT2D eigenvalue weighted by Gasteiger charge is 2.15. The zero-order valence-corrected chi connectivity index (χ0v) is 14.1. The molecule has 0 aliphatic carbocycles. The zero-order chi connectivity index (χ0) is 13.6. The van der Waals surface area contributed by atoms with Crippen LogP contribution in [0, 0.1) is 0 Å². The van der Waals surface area contributed by atoms with Crippen molar-refractivity contribution in [3.63, 3.8) is 0 Å². The van der Waals surface area contributed by atoms with Crippen molar-refractivity contribution in [2.45, 2.75) is 6.54 Å². The third-order valence-electron chi connectivity index (χ3n) is 3.08. The molecule has 0 radical (unpaired) electrons. The summed E-state index contributed by atoms with van der Waals surface area (Å²) in [6.07, 6.45) is 0. The summed E-state index contributed by atoms with van der Waals surface area (Å²) in [6, 6.07) is 8.25. The number of halogens is 2. The van der Waals surface area contributed by atoms with E-state index < -0.39 is 0 Å². The molecule has 19 heavy (non-hydrogen) atoms. The Bertz CT molecular complexity index is 761. The second-order valence-corrected chi connectivity index (χ2v) is 8.01. The molecule has 6 heteroatoms. The zero-order valence-electron chi connectivity index (χ0n) is 10.2. The normalized spacial score (nSPS) is 11.4. The van der Waals surface area contributed by atoms with Gasteiger partial charge in [-0.15, -0.1) is 11.3 Å². The minimum absolute atomic E-state index is 0.537. The van der Waals surface area contributed by atoms with Gasteiger partial charge in [-0.3, -0.25) is 0 Å². The van der Waals surface area contributed by atoms with E-state index in [9.17, 15) is 0 Å². The number of thiophene rings is 1. The van der Waals surface area contributed by atoms with E-state index in [1.165, 1.54) is 0 Å². The van der Waals surface area contributed by atoms with Crippen LogP contribution in [0.4, 0.5) is 0 Å². The molecule has 3 aromatic rings. The third-order valence-corrected chi connectivity index (χ3v) is 5.42. The lowest BCUT2D eigenvalue weighted by molar-refractivity contribution is 0.959. The molecule has 0 aliphatic heterocycles. The number of aryl methyl sites for hydroxylation is 1. The number of nitrogens with two attached hydrogens (primary N) is 1. The van der Waals surface area contributed by atoms with E-state index in [1.54, 1.807) is 11.3 Å². The molecule has 2 aromatic heterocycles. The molecule has 0 saturated carbocycles. The van der Waals surface area contributed by atoms with E-state index in [0.29, 0.717) is 6.54 Å². The summed E-state index contributed by atoms with van der Waals surface area (Å²) in [5, 5.41) is 0. The minimum Gasteiger partial charge on any atom is -0.327 e. The average Bonchev–Trinajstić information content (AvgIpc) is 2.89. The van der Waals surface area contributed by atoms with E-state index in [0.717, 1.165) is 35.6 Å². The first-order valence-corrected chi connectivity index (χ1v) is 8.11. The Labute approximate surface area is 131 Å². The number of benzene rings is 1. The van der Waals surface area contributed by atoms with Crippen LogP contribution in [-0.2, 0) is 13.6 Å². The van der Waals surface area contributed by atoms with Gasteiger partial charge in [0.1, 0.15) is 5.82 Å². The Morgan fingerprint density at radius 2 is 2.11 bits per heavy atom. The molecule has 1 aromatic carbocycles. The predicted octanol–water partition coefficient (Wildman–Crippen LogP) is 4.29. The van der Waals surface area contributed by atoms with Crippen LogP contribution in [0.25, 0.3) is 22.4 Å². The van der Waals surface area contributed by atoms with Gasteiger partial charge in [0.05, 0.1) is 18.6 Å². The van der Waals surface area contributed by atoms with Crippen LogP contribution in [0.15, 0.2) is 31.8 Å². The lowest BCUT2D eigenvalue weighted by Crippen LogP contribution is -1.95. The van der Waals surface area contributed by atoms with Gasteiger partial charge in [-0.1, -0.05) is 6.07 Å². The maximum Gasteiger partial charge on any atom is 0.142 e. The second kappa shape index (κ2) is 5.01. The Morgan fingerprint density at radius 3 is 2.74 bits per heavy atom. The summed E-state index contributed by atoms with van der Waals surface area (Å²) in [7, 11) is 2.03. The molecule has 0 saturated heterocycles. The van der Waals surface area contributed by atoms with Gasteiger partial charge < -0.3 is 10.3 Å². The number of hydrogen-bond acceptors (Lipinski definition) is 3. The fraction of sp³-hybridized carbons (Fsp3) is 0.154. The minimum atomic E-state index is 0.537. The van der Waals surface area contributed by atoms with E-state index in [1.807, 2.05) is 19.2 Å². The Balaban J connectivity index is 2.24. The molecule has 0 bridgehead atoms. The fourth-order valence-corrected chi connectivity index (χ4v) is 4.90. The van der Waals surface area contributed by atoms with Gasteiger partial charge >= 0.3 is 0 Å². The van der Waals surface area contributed by atoms with Crippen LogP contribution in [0.2, 0.25) is 0 Å². The summed E-state index contributed by atoms with van der Waals surface area (Å²) < 4.78 is 4.27. The van der Waals surface area contributed by atoms with Crippen LogP contribution in [0.1, 0.15) is 5.56 Å². The van der Waals surface area contributed by atoms with Gasteiger partial charge in [-0.2, -0.15) is 0 Å². The maximum atomic E-state index is 5.68. The third kappa shape index (κ3) is 2.27. The molecule has 0 unspecified atom stereocenters. The summed E-state index contributed by atoms with van der Waals surface area (Å²) in [4.78, 5) is 4.73. The topological polar surface area (TPSA) is 43.8 Å². The van der Waals surface area contributed by atoms with Gasteiger partial charge in [0, 0.05) is 19.2 Å². The van der Waals surface area contributed by atoms with Crippen molar-refractivity contribution in [3.05, 3.63) is 37.4 Å². The summed E-state index contributed by atoms with van der Waals surface area (Å²) in [5.41, 5.74) is 9.97. The Morgan fingerprint density at radius 1 is 1.32 bits per heavy atom. The van der Waals surface area contributed by atoms with Gasteiger partial charge in [0.25, 0.3) is 0 Å². The van der Waals surface area contributed by atoms with Crippen molar-refractivity contribution in [2.75, 3.05) is 0 Å². The van der Waals surface area contributed by atoms with Gasteiger partial charge in [0.2, 0.25) is 0 Å². The molecule has 3 nitrogen and oxygen atoms in total. The first-order valence-electron chi connectivity index (χ1n) is 5.71. The van der Waals surface area contributed by atoms with Crippen LogP contribution < -0.4 is 5.73 Å². The monoisotopic (exact) mass is 399 g/mol. The fourth-order valence-electron chi connectivity index (χ4n) is 2.11. The summed E-state index contributed by atoms with van der Waals surface area (Å²) in [6.45, 7) is 0.537.